The Balaban J connectivity index is 1.50. The van der Waals surface area contributed by atoms with Gasteiger partial charge in [-0.05, 0) is 92.3 Å². The number of fused-ring (bicyclic) bond motifs is 5. The van der Waals surface area contributed by atoms with Crippen LogP contribution in [-0.4, -0.2) is 30.9 Å². The lowest BCUT2D eigenvalue weighted by atomic mass is 9.44. The zero-order valence-electron chi connectivity index (χ0n) is 20.7. The second kappa shape index (κ2) is 8.76. The number of carbonyl (C=O) groups excluding carboxylic acids is 3. The van der Waals surface area contributed by atoms with E-state index >= 15 is 0 Å². The molecule has 4 saturated carbocycles. The highest BCUT2D eigenvalue weighted by Gasteiger charge is 2.64. The summed E-state index contributed by atoms with van der Waals surface area (Å²) in [5, 5.41) is 0. The maximum Gasteiger partial charge on any atom is 0.305 e. The van der Waals surface area contributed by atoms with Crippen LogP contribution in [-0.2, 0) is 23.9 Å². The van der Waals surface area contributed by atoms with Gasteiger partial charge in [-0.25, -0.2) is 0 Å². The molecule has 4 rings (SSSR count). The van der Waals surface area contributed by atoms with Crippen molar-refractivity contribution in [2.45, 2.75) is 98.0 Å². The molecular weight excluding hydrogens is 404 g/mol. The van der Waals surface area contributed by atoms with E-state index in [1.54, 1.807) is 0 Å². The second-order valence-corrected chi connectivity index (χ2v) is 11.8. The van der Waals surface area contributed by atoms with Crippen molar-refractivity contribution in [1.29, 1.82) is 0 Å². The van der Waals surface area contributed by atoms with Crippen LogP contribution in [0.25, 0.3) is 0 Å². The van der Waals surface area contributed by atoms with Gasteiger partial charge in [0.2, 0.25) is 0 Å². The molecule has 0 radical (unpaired) electrons. The number of rotatable bonds is 5. The number of hydrogen-bond acceptors (Lipinski definition) is 5. The molecule has 0 saturated heterocycles. The van der Waals surface area contributed by atoms with Crippen molar-refractivity contribution < 1.29 is 23.9 Å². The molecule has 0 aromatic rings. The van der Waals surface area contributed by atoms with Crippen LogP contribution in [0.5, 0.6) is 0 Å². The summed E-state index contributed by atoms with van der Waals surface area (Å²) in [7, 11) is 1.45. The minimum atomic E-state index is -0.241. The van der Waals surface area contributed by atoms with Crippen LogP contribution >= 0.6 is 0 Å². The molecule has 0 aromatic carbocycles. The van der Waals surface area contributed by atoms with Crippen molar-refractivity contribution in [3.63, 3.8) is 0 Å². The van der Waals surface area contributed by atoms with E-state index in [-0.39, 0.29) is 28.9 Å². The topological polar surface area (TPSA) is 69.7 Å². The van der Waals surface area contributed by atoms with Crippen LogP contribution in [0.3, 0.4) is 0 Å². The van der Waals surface area contributed by atoms with Crippen molar-refractivity contribution in [3.05, 3.63) is 0 Å². The lowest BCUT2D eigenvalue weighted by Crippen LogP contribution is -2.57. The molecule has 180 valence electrons. The number of ketones is 1. The van der Waals surface area contributed by atoms with Crippen molar-refractivity contribution in [3.8, 4) is 0 Å². The van der Waals surface area contributed by atoms with Gasteiger partial charge in [0, 0.05) is 25.2 Å². The van der Waals surface area contributed by atoms with Crippen LogP contribution < -0.4 is 0 Å². The summed E-state index contributed by atoms with van der Waals surface area (Å²) in [5.41, 5.74) is -0.0556. The van der Waals surface area contributed by atoms with Crippen molar-refractivity contribution in [2.75, 3.05) is 7.11 Å². The predicted octanol–water partition coefficient (Wildman–Crippen LogP) is 5.35. The Morgan fingerprint density at radius 2 is 1.84 bits per heavy atom. The minimum absolute atomic E-state index is 0.0539. The Morgan fingerprint density at radius 3 is 2.53 bits per heavy atom. The molecule has 0 N–H and O–H groups in total. The fraction of sp³-hybridized carbons (Fsp3) is 0.889. The molecule has 0 amide bonds. The van der Waals surface area contributed by atoms with E-state index in [0.717, 1.165) is 38.5 Å². The van der Waals surface area contributed by atoms with E-state index in [9.17, 15) is 14.4 Å². The summed E-state index contributed by atoms with van der Waals surface area (Å²) in [4.78, 5) is 37.0. The lowest BCUT2D eigenvalue weighted by molar-refractivity contribution is -0.167. The summed E-state index contributed by atoms with van der Waals surface area (Å²) in [6.45, 7) is 8.43. The summed E-state index contributed by atoms with van der Waals surface area (Å²) in [5.74, 6) is 3.00. The maximum absolute atomic E-state index is 13.8. The number of carbonyl (C=O) groups is 3. The molecule has 4 aliphatic carbocycles. The monoisotopic (exact) mass is 446 g/mol. The highest BCUT2D eigenvalue weighted by Crippen LogP contribution is 2.67. The number of Topliss-reactive ketones (excluding diaryl/α,β-unsaturated/α-hetero) is 1. The van der Waals surface area contributed by atoms with Crippen LogP contribution in [0.1, 0.15) is 91.9 Å². The Hall–Kier alpha value is -1.39. The van der Waals surface area contributed by atoms with E-state index < -0.39 is 0 Å². The van der Waals surface area contributed by atoms with Crippen molar-refractivity contribution in [1.82, 2.24) is 0 Å². The first kappa shape index (κ1) is 23.8. The van der Waals surface area contributed by atoms with Gasteiger partial charge in [-0.1, -0.05) is 20.8 Å². The van der Waals surface area contributed by atoms with E-state index in [1.165, 1.54) is 26.9 Å². The number of methoxy groups -OCH3 is 1. The smallest absolute Gasteiger partial charge is 0.305 e. The molecule has 4 aliphatic rings. The van der Waals surface area contributed by atoms with Crippen molar-refractivity contribution >= 4 is 17.7 Å². The Kier molecular flexibility index (Phi) is 6.50. The van der Waals surface area contributed by atoms with E-state index in [0.29, 0.717) is 54.1 Å². The number of esters is 2. The summed E-state index contributed by atoms with van der Waals surface area (Å²) < 4.78 is 10.4. The molecule has 9 atom stereocenters. The molecule has 4 fully saturated rings. The summed E-state index contributed by atoms with van der Waals surface area (Å²) >= 11 is 0. The third-order valence-electron chi connectivity index (χ3n) is 10.6. The maximum atomic E-state index is 13.8. The van der Waals surface area contributed by atoms with Gasteiger partial charge in [0.15, 0.2) is 0 Å². The van der Waals surface area contributed by atoms with Gasteiger partial charge in [-0.15, -0.1) is 0 Å². The third-order valence-corrected chi connectivity index (χ3v) is 10.6. The third kappa shape index (κ3) is 3.81. The van der Waals surface area contributed by atoms with Crippen LogP contribution in [0.4, 0.5) is 0 Å². The average molecular weight is 447 g/mol. The van der Waals surface area contributed by atoms with Crippen LogP contribution in [0.2, 0.25) is 0 Å². The zero-order chi connectivity index (χ0) is 23.3. The Labute approximate surface area is 193 Å². The van der Waals surface area contributed by atoms with Gasteiger partial charge >= 0.3 is 11.9 Å². The molecular formula is C27H42O5. The van der Waals surface area contributed by atoms with Crippen LogP contribution in [0, 0.1) is 46.3 Å². The largest absolute Gasteiger partial charge is 0.469 e. The van der Waals surface area contributed by atoms with Crippen molar-refractivity contribution in [2.24, 2.45) is 46.3 Å². The Bertz CT molecular complexity index is 761. The lowest BCUT2D eigenvalue weighted by Gasteiger charge is -2.60. The molecule has 0 aromatic heterocycles. The highest BCUT2D eigenvalue weighted by atomic mass is 16.5. The van der Waals surface area contributed by atoms with E-state index in [2.05, 4.69) is 20.8 Å². The molecule has 4 unspecified atom stereocenters. The summed E-state index contributed by atoms with van der Waals surface area (Å²) in [6.07, 6.45) is 9.61. The van der Waals surface area contributed by atoms with Gasteiger partial charge in [-0.3, -0.25) is 14.4 Å². The SMILES string of the molecule is COC(=O)CC[C@@H](C)C1CCC2C3CC[C@@H]4C[C@@H](OC(C)=O)CC[C@]4(C)C3CC(=O)[C@@]21C. The molecule has 5 heteroatoms. The molecule has 0 bridgehead atoms. The van der Waals surface area contributed by atoms with Gasteiger partial charge in [0.1, 0.15) is 11.9 Å². The zero-order valence-corrected chi connectivity index (χ0v) is 20.7. The first-order chi connectivity index (χ1) is 15.1. The highest BCUT2D eigenvalue weighted by molar-refractivity contribution is 5.87. The summed E-state index contributed by atoms with van der Waals surface area (Å²) in [6, 6.07) is 0. The first-order valence-electron chi connectivity index (χ1n) is 12.9. The fourth-order valence-corrected chi connectivity index (χ4v) is 8.86. The number of hydrogen-bond donors (Lipinski definition) is 0. The van der Waals surface area contributed by atoms with Gasteiger partial charge in [0.25, 0.3) is 0 Å². The quantitative estimate of drug-likeness (QED) is 0.533. The van der Waals surface area contributed by atoms with Gasteiger partial charge in [-0.2, -0.15) is 0 Å². The molecule has 0 aliphatic heterocycles. The second-order valence-electron chi connectivity index (χ2n) is 11.8. The molecule has 0 heterocycles. The van der Waals surface area contributed by atoms with E-state index in [1.807, 2.05) is 0 Å². The number of ether oxygens (including phenoxy) is 2. The van der Waals surface area contributed by atoms with E-state index in [4.69, 9.17) is 9.47 Å². The standard InChI is InChI=1S/C27H42O5/c1-16(6-11-25(30)31-5)21-9-10-22-20-8-7-18-14-19(32-17(2)28)12-13-26(18,3)23(20)15-24(29)27(21,22)4/h16,18-23H,6-15H2,1-5H3/t16-,18-,19+,20?,21?,22?,23?,26+,27-/m1/s1. The normalized spacial score (nSPS) is 44.1. The van der Waals surface area contributed by atoms with Gasteiger partial charge in [0.05, 0.1) is 7.11 Å². The minimum Gasteiger partial charge on any atom is -0.469 e. The molecule has 0 spiro atoms. The fourth-order valence-electron chi connectivity index (χ4n) is 8.86. The van der Waals surface area contributed by atoms with Crippen LogP contribution in [0.15, 0.2) is 0 Å². The molecule has 5 nitrogen and oxygen atoms in total. The Morgan fingerprint density at radius 1 is 1.09 bits per heavy atom. The van der Waals surface area contributed by atoms with Gasteiger partial charge < -0.3 is 9.47 Å². The first-order valence-corrected chi connectivity index (χ1v) is 12.9. The predicted molar refractivity (Wildman–Crippen MR) is 122 cm³/mol. The average Bonchev–Trinajstić information content (AvgIpc) is 3.11. The molecule has 32 heavy (non-hydrogen) atoms.